The summed E-state index contributed by atoms with van der Waals surface area (Å²) in [5, 5.41) is 0. The maximum atomic E-state index is 12.6. The number of para-hydroxylation sites is 1. The summed E-state index contributed by atoms with van der Waals surface area (Å²) in [6.07, 6.45) is 1.88. The number of carbonyl (C=O) groups is 1. The van der Waals surface area contributed by atoms with Crippen LogP contribution in [0.15, 0.2) is 60.7 Å². The first-order valence-corrected chi connectivity index (χ1v) is 7.86. The van der Waals surface area contributed by atoms with Gasteiger partial charge in [0.2, 0.25) is 5.91 Å². The van der Waals surface area contributed by atoms with Crippen LogP contribution in [0.1, 0.15) is 12.0 Å². The molecule has 4 nitrogen and oxygen atoms in total. The second kappa shape index (κ2) is 9.42. The molecular weight excluding hydrogens is 324 g/mol. The van der Waals surface area contributed by atoms with Gasteiger partial charge in [0.25, 0.3) is 0 Å². The molecule has 1 unspecified atom stereocenters. The molecule has 1 amide bonds. The van der Waals surface area contributed by atoms with E-state index in [1.807, 2.05) is 41.3 Å². The number of carbonyl (C=O) groups excluding carboxylic acids is 1. The SMILES string of the molecule is CN(CCc1ccccc1)C1CCN(c2ccccc2)C1=O.Cl.O. The number of rotatable bonds is 5. The van der Waals surface area contributed by atoms with Crippen molar-refractivity contribution in [3.8, 4) is 0 Å². The van der Waals surface area contributed by atoms with E-state index in [-0.39, 0.29) is 29.8 Å². The fraction of sp³-hybridized carbons (Fsp3) is 0.316. The molecule has 0 spiro atoms. The standard InChI is InChI=1S/C19H22N2O.ClH.H2O/c1-20(14-12-16-8-4-2-5-9-16)18-13-15-21(19(18)22)17-10-6-3-7-11-17;;/h2-11,18H,12-15H2,1H3;1H;1H2. The highest BCUT2D eigenvalue weighted by molar-refractivity contribution is 5.99. The smallest absolute Gasteiger partial charge is 0.244 e. The lowest BCUT2D eigenvalue weighted by atomic mass is 10.1. The number of anilines is 1. The van der Waals surface area contributed by atoms with Crippen LogP contribution in [0, 0.1) is 0 Å². The largest absolute Gasteiger partial charge is 0.412 e. The molecule has 0 aromatic heterocycles. The van der Waals surface area contributed by atoms with Gasteiger partial charge in [0.15, 0.2) is 0 Å². The Kier molecular flexibility index (Phi) is 7.92. The van der Waals surface area contributed by atoms with Crippen LogP contribution in [-0.4, -0.2) is 42.5 Å². The number of likely N-dealkylation sites (N-methyl/N-ethyl adjacent to an activating group) is 1. The molecule has 3 rings (SSSR count). The zero-order valence-electron chi connectivity index (χ0n) is 13.9. The van der Waals surface area contributed by atoms with Crippen LogP contribution in [0.2, 0.25) is 0 Å². The van der Waals surface area contributed by atoms with Crippen molar-refractivity contribution in [1.82, 2.24) is 4.90 Å². The normalized spacial score (nSPS) is 16.7. The second-order valence-electron chi connectivity index (χ2n) is 5.85. The molecule has 24 heavy (non-hydrogen) atoms. The molecule has 0 aliphatic carbocycles. The highest BCUT2D eigenvalue weighted by Gasteiger charge is 2.34. The fourth-order valence-corrected chi connectivity index (χ4v) is 3.04. The highest BCUT2D eigenvalue weighted by atomic mass is 35.5. The van der Waals surface area contributed by atoms with Gasteiger partial charge in [-0.1, -0.05) is 48.5 Å². The second-order valence-corrected chi connectivity index (χ2v) is 5.85. The van der Waals surface area contributed by atoms with E-state index in [0.29, 0.717) is 0 Å². The van der Waals surface area contributed by atoms with Gasteiger partial charge in [-0.05, 0) is 37.6 Å². The van der Waals surface area contributed by atoms with Gasteiger partial charge in [-0.15, -0.1) is 12.4 Å². The topological polar surface area (TPSA) is 55.0 Å². The van der Waals surface area contributed by atoms with Crippen LogP contribution in [0.25, 0.3) is 0 Å². The molecule has 1 saturated heterocycles. The quantitative estimate of drug-likeness (QED) is 0.833. The van der Waals surface area contributed by atoms with Crippen molar-refractivity contribution in [2.45, 2.75) is 18.9 Å². The third kappa shape index (κ3) is 4.57. The average Bonchev–Trinajstić information content (AvgIpc) is 2.96. The van der Waals surface area contributed by atoms with E-state index in [1.54, 1.807) is 0 Å². The van der Waals surface area contributed by atoms with Crippen molar-refractivity contribution < 1.29 is 10.3 Å². The van der Waals surface area contributed by atoms with E-state index < -0.39 is 0 Å². The van der Waals surface area contributed by atoms with Crippen molar-refractivity contribution in [1.29, 1.82) is 0 Å². The summed E-state index contributed by atoms with van der Waals surface area (Å²) in [6.45, 7) is 1.71. The summed E-state index contributed by atoms with van der Waals surface area (Å²) < 4.78 is 0. The first-order valence-electron chi connectivity index (χ1n) is 7.86. The maximum Gasteiger partial charge on any atom is 0.244 e. The molecular formula is C19H25ClN2O2. The molecule has 2 aromatic carbocycles. The van der Waals surface area contributed by atoms with Gasteiger partial charge in [0.1, 0.15) is 0 Å². The summed E-state index contributed by atoms with van der Waals surface area (Å²) in [6, 6.07) is 20.4. The van der Waals surface area contributed by atoms with Crippen LogP contribution in [0.5, 0.6) is 0 Å². The first kappa shape index (κ1) is 20.2. The summed E-state index contributed by atoms with van der Waals surface area (Å²) in [4.78, 5) is 16.7. The van der Waals surface area contributed by atoms with Gasteiger partial charge in [-0.3, -0.25) is 9.69 Å². The Balaban J connectivity index is 0.00000144. The minimum absolute atomic E-state index is 0. The maximum absolute atomic E-state index is 12.6. The van der Waals surface area contributed by atoms with Crippen molar-refractivity contribution in [3.05, 3.63) is 66.2 Å². The van der Waals surface area contributed by atoms with Crippen LogP contribution >= 0.6 is 12.4 Å². The monoisotopic (exact) mass is 348 g/mol. The average molecular weight is 349 g/mol. The first-order chi connectivity index (χ1) is 10.8. The van der Waals surface area contributed by atoms with Gasteiger partial charge in [0.05, 0.1) is 6.04 Å². The number of nitrogens with zero attached hydrogens (tertiary/aromatic N) is 2. The Morgan fingerprint density at radius 3 is 2.25 bits per heavy atom. The zero-order valence-corrected chi connectivity index (χ0v) is 14.7. The molecule has 0 bridgehead atoms. The Bertz CT molecular complexity index is 622. The summed E-state index contributed by atoms with van der Waals surface area (Å²) >= 11 is 0. The third-order valence-corrected chi connectivity index (χ3v) is 4.37. The summed E-state index contributed by atoms with van der Waals surface area (Å²) in [7, 11) is 2.06. The molecule has 0 radical (unpaired) electrons. The van der Waals surface area contributed by atoms with Gasteiger partial charge >= 0.3 is 0 Å². The molecule has 1 aliphatic rings. The number of hydrogen-bond acceptors (Lipinski definition) is 2. The van der Waals surface area contributed by atoms with Gasteiger partial charge in [-0.2, -0.15) is 0 Å². The van der Waals surface area contributed by atoms with Crippen LogP contribution in [-0.2, 0) is 11.2 Å². The molecule has 1 aliphatic heterocycles. The summed E-state index contributed by atoms with van der Waals surface area (Å²) in [5.74, 6) is 0.224. The Hall–Kier alpha value is -1.88. The van der Waals surface area contributed by atoms with Crippen LogP contribution < -0.4 is 4.90 Å². The molecule has 0 saturated carbocycles. The Morgan fingerprint density at radius 1 is 1.04 bits per heavy atom. The predicted octanol–water partition coefficient (Wildman–Crippen LogP) is 2.56. The third-order valence-electron chi connectivity index (χ3n) is 4.37. The minimum Gasteiger partial charge on any atom is -0.412 e. The van der Waals surface area contributed by atoms with Gasteiger partial charge in [0, 0.05) is 18.8 Å². The Morgan fingerprint density at radius 2 is 1.62 bits per heavy atom. The molecule has 1 atom stereocenters. The van der Waals surface area contributed by atoms with E-state index in [0.717, 1.165) is 31.6 Å². The van der Waals surface area contributed by atoms with E-state index in [2.05, 4.69) is 36.2 Å². The zero-order chi connectivity index (χ0) is 15.4. The lowest BCUT2D eigenvalue weighted by Gasteiger charge is -2.23. The van der Waals surface area contributed by atoms with Crippen LogP contribution in [0.3, 0.4) is 0 Å². The number of amides is 1. The molecule has 1 heterocycles. The Labute approximate surface area is 149 Å². The van der Waals surface area contributed by atoms with E-state index >= 15 is 0 Å². The molecule has 2 N–H and O–H groups in total. The molecule has 130 valence electrons. The van der Waals surface area contributed by atoms with E-state index in [1.165, 1.54) is 5.56 Å². The highest BCUT2D eigenvalue weighted by Crippen LogP contribution is 2.23. The fourth-order valence-electron chi connectivity index (χ4n) is 3.04. The summed E-state index contributed by atoms with van der Waals surface area (Å²) in [5.41, 5.74) is 2.33. The van der Waals surface area contributed by atoms with Gasteiger partial charge < -0.3 is 10.4 Å². The van der Waals surface area contributed by atoms with E-state index in [9.17, 15) is 4.79 Å². The van der Waals surface area contributed by atoms with E-state index in [4.69, 9.17) is 0 Å². The van der Waals surface area contributed by atoms with Crippen molar-refractivity contribution in [2.24, 2.45) is 0 Å². The number of hydrogen-bond donors (Lipinski definition) is 0. The lowest BCUT2D eigenvalue weighted by molar-refractivity contribution is -0.121. The predicted molar refractivity (Wildman–Crippen MR) is 101 cm³/mol. The molecule has 2 aromatic rings. The van der Waals surface area contributed by atoms with Crippen molar-refractivity contribution in [2.75, 3.05) is 25.0 Å². The van der Waals surface area contributed by atoms with Crippen molar-refractivity contribution in [3.63, 3.8) is 0 Å². The lowest BCUT2D eigenvalue weighted by Crippen LogP contribution is -2.40. The molecule has 1 fully saturated rings. The number of benzene rings is 2. The minimum atomic E-state index is 0. The van der Waals surface area contributed by atoms with Crippen LogP contribution in [0.4, 0.5) is 5.69 Å². The van der Waals surface area contributed by atoms with Gasteiger partial charge in [-0.25, -0.2) is 0 Å². The number of halogens is 1. The molecule has 5 heteroatoms. The van der Waals surface area contributed by atoms with Crippen molar-refractivity contribution >= 4 is 24.0 Å².